The van der Waals surface area contributed by atoms with Gasteiger partial charge in [-0.25, -0.2) is 0 Å². The first-order chi connectivity index (χ1) is 12.6. The lowest BCUT2D eigenvalue weighted by molar-refractivity contribution is -0.146. The van der Waals surface area contributed by atoms with Gasteiger partial charge >= 0.3 is 5.97 Å². The molecule has 0 atom stereocenters. The molecule has 26 heavy (non-hydrogen) atoms. The topological polar surface area (TPSA) is 68.5 Å². The van der Waals surface area contributed by atoms with Gasteiger partial charge in [0, 0.05) is 16.6 Å². The predicted molar refractivity (Wildman–Crippen MR) is 100 cm³/mol. The number of carbonyl (C=O) groups is 2. The van der Waals surface area contributed by atoms with E-state index in [1.165, 1.54) is 5.56 Å². The molecular formula is C21H21NO4. The second-order valence-electron chi connectivity index (χ2n) is 6.15. The second kappa shape index (κ2) is 7.87. The van der Waals surface area contributed by atoms with E-state index in [4.69, 9.17) is 9.15 Å². The summed E-state index contributed by atoms with van der Waals surface area (Å²) in [6.45, 7) is 3.66. The maximum absolute atomic E-state index is 12.1. The summed E-state index contributed by atoms with van der Waals surface area (Å²) < 4.78 is 10.6. The number of hydrogen-bond donors (Lipinski definition) is 1. The molecule has 1 aromatic heterocycles. The summed E-state index contributed by atoms with van der Waals surface area (Å²) in [6.07, 6.45) is 2.55. The van der Waals surface area contributed by atoms with Crippen molar-refractivity contribution in [2.45, 2.75) is 26.7 Å². The fraction of sp³-hybridized carbons (Fsp3) is 0.238. The molecule has 0 radical (unpaired) electrons. The lowest BCUT2D eigenvalue weighted by atomic mass is 10.1. The number of furan rings is 1. The summed E-state index contributed by atoms with van der Waals surface area (Å²) in [4.78, 5) is 24.0. The van der Waals surface area contributed by atoms with Crippen LogP contribution in [0.25, 0.3) is 11.0 Å². The normalized spacial score (nSPS) is 10.7. The third-order valence-corrected chi connectivity index (χ3v) is 4.25. The molecule has 0 aliphatic carbocycles. The van der Waals surface area contributed by atoms with E-state index in [9.17, 15) is 9.59 Å². The van der Waals surface area contributed by atoms with Gasteiger partial charge in [0.15, 0.2) is 6.61 Å². The number of hydrogen-bond acceptors (Lipinski definition) is 4. The minimum atomic E-state index is -0.466. The summed E-state index contributed by atoms with van der Waals surface area (Å²) in [6, 6.07) is 13.4. The van der Waals surface area contributed by atoms with Crippen LogP contribution in [0.4, 0.5) is 5.69 Å². The van der Waals surface area contributed by atoms with Crippen LogP contribution in [0.2, 0.25) is 0 Å². The molecule has 3 aromatic rings. The number of ether oxygens (including phenoxy) is 1. The van der Waals surface area contributed by atoms with Gasteiger partial charge < -0.3 is 14.5 Å². The number of nitrogens with one attached hydrogen (secondary N) is 1. The average Bonchev–Trinajstić information content (AvgIpc) is 3.04. The minimum absolute atomic E-state index is 0.0656. The number of fused-ring (bicyclic) bond motifs is 1. The molecule has 0 aliphatic heterocycles. The summed E-state index contributed by atoms with van der Waals surface area (Å²) in [5, 5.41) is 3.62. The van der Waals surface area contributed by atoms with Gasteiger partial charge in [-0.15, -0.1) is 0 Å². The van der Waals surface area contributed by atoms with E-state index in [1.54, 1.807) is 12.3 Å². The highest BCUT2D eigenvalue weighted by Gasteiger charge is 2.13. The molecule has 1 heterocycles. The van der Waals surface area contributed by atoms with Crippen molar-refractivity contribution in [1.29, 1.82) is 0 Å². The molecule has 0 fully saturated rings. The Balaban J connectivity index is 1.56. The molecule has 5 nitrogen and oxygen atoms in total. The van der Waals surface area contributed by atoms with Crippen LogP contribution in [0, 0.1) is 6.92 Å². The van der Waals surface area contributed by atoms with Crippen molar-refractivity contribution in [3.8, 4) is 0 Å². The first-order valence-electron chi connectivity index (χ1n) is 8.57. The van der Waals surface area contributed by atoms with Crippen molar-refractivity contribution in [1.82, 2.24) is 0 Å². The molecule has 0 spiro atoms. The fourth-order valence-electron chi connectivity index (χ4n) is 2.74. The highest BCUT2D eigenvalue weighted by Crippen LogP contribution is 2.23. The van der Waals surface area contributed by atoms with E-state index in [0.717, 1.165) is 28.5 Å². The second-order valence-corrected chi connectivity index (χ2v) is 6.15. The molecule has 0 aliphatic rings. The maximum Gasteiger partial charge on any atom is 0.310 e. The zero-order valence-electron chi connectivity index (χ0n) is 14.9. The zero-order valence-corrected chi connectivity index (χ0v) is 14.9. The average molecular weight is 351 g/mol. The van der Waals surface area contributed by atoms with Crippen molar-refractivity contribution in [3.05, 3.63) is 65.4 Å². The first-order valence-corrected chi connectivity index (χ1v) is 8.57. The van der Waals surface area contributed by atoms with E-state index in [0.29, 0.717) is 5.69 Å². The Hall–Kier alpha value is -3.08. The van der Waals surface area contributed by atoms with E-state index in [-0.39, 0.29) is 18.9 Å². The Labute approximate surface area is 152 Å². The number of para-hydroxylation sites is 1. The minimum Gasteiger partial charge on any atom is -0.464 e. The predicted octanol–water partition coefficient (Wildman–Crippen LogP) is 4.03. The number of benzene rings is 2. The van der Waals surface area contributed by atoms with Crippen molar-refractivity contribution in [2.75, 3.05) is 11.9 Å². The monoisotopic (exact) mass is 351 g/mol. The zero-order chi connectivity index (χ0) is 18.5. The van der Waals surface area contributed by atoms with E-state index >= 15 is 0 Å². The third-order valence-electron chi connectivity index (χ3n) is 4.25. The SMILES string of the molecule is CCc1ccc2c(CC(=O)OCC(=O)Nc3ccccc3C)coc2c1. The van der Waals surface area contributed by atoms with Crippen LogP contribution in [-0.2, 0) is 27.2 Å². The highest BCUT2D eigenvalue weighted by atomic mass is 16.5. The molecule has 1 amide bonds. The van der Waals surface area contributed by atoms with Crippen LogP contribution in [0.15, 0.2) is 53.1 Å². The van der Waals surface area contributed by atoms with Gasteiger partial charge in [-0.05, 0) is 36.6 Å². The standard InChI is InChI=1S/C21H21NO4/c1-3-15-8-9-17-16(12-25-19(17)10-15)11-21(24)26-13-20(23)22-18-7-5-4-6-14(18)2/h4-10,12H,3,11,13H2,1-2H3,(H,22,23). The number of anilines is 1. The van der Waals surface area contributed by atoms with Gasteiger partial charge in [0.1, 0.15) is 5.58 Å². The number of aryl methyl sites for hydroxylation is 2. The summed E-state index contributed by atoms with van der Waals surface area (Å²) in [5.41, 5.74) is 4.34. The molecule has 0 unspecified atom stereocenters. The molecule has 1 N–H and O–H groups in total. The lowest BCUT2D eigenvalue weighted by Gasteiger charge is -2.08. The Kier molecular flexibility index (Phi) is 5.37. The number of carbonyl (C=O) groups excluding carboxylic acids is 2. The maximum atomic E-state index is 12.1. The Bertz CT molecular complexity index is 942. The quantitative estimate of drug-likeness (QED) is 0.681. The smallest absolute Gasteiger partial charge is 0.310 e. The highest BCUT2D eigenvalue weighted by molar-refractivity contribution is 5.94. The molecule has 3 rings (SSSR count). The number of rotatable bonds is 6. The number of amides is 1. The van der Waals surface area contributed by atoms with Crippen LogP contribution >= 0.6 is 0 Å². The van der Waals surface area contributed by atoms with Gasteiger partial charge in [0.05, 0.1) is 12.7 Å². The fourth-order valence-corrected chi connectivity index (χ4v) is 2.74. The largest absolute Gasteiger partial charge is 0.464 e. The number of esters is 1. The first kappa shape index (κ1) is 17.7. The Morgan fingerprint density at radius 2 is 1.96 bits per heavy atom. The van der Waals surface area contributed by atoms with Crippen LogP contribution < -0.4 is 5.32 Å². The van der Waals surface area contributed by atoms with Crippen LogP contribution in [0.3, 0.4) is 0 Å². The van der Waals surface area contributed by atoms with Crippen molar-refractivity contribution < 1.29 is 18.7 Å². The molecular weight excluding hydrogens is 330 g/mol. The lowest BCUT2D eigenvalue weighted by Crippen LogP contribution is -2.22. The van der Waals surface area contributed by atoms with E-state index < -0.39 is 5.97 Å². The van der Waals surface area contributed by atoms with Gasteiger partial charge in [-0.1, -0.05) is 37.3 Å². The Morgan fingerprint density at radius 1 is 1.15 bits per heavy atom. The van der Waals surface area contributed by atoms with E-state index in [2.05, 4.69) is 12.2 Å². The Morgan fingerprint density at radius 3 is 2.73 bits per heavy atom. The van der Waals surface area contributed by atoms with E-state index in [1.807, 2.05) is 43.3 Å². The summed E-state index contributed by atoms with van der Waals surface area (Å²) >= 11 is 0. The van der Waals surface area contributed by atoms with Gasteiger partial charge in [-0.2, -0.15) is 0 Å². The van der Waals surface area contributed by atoms with Crippen LogP contribution in [-0.4, -0.2) is 18.5 Å². The summed E-state index contributed by atoms with van der Waals surface area (Å²) in [5.74, 6) is -0.829. The molecule has 0 saturated carbocycles. The molecule has 134 valence electrons. The van der Waals surface area contributed by atoms with Crippen LogP contribution in [0.5, 0.6) is 0 Å². The molecule has 0 saturated heterocycles. The molecule has 5 heteroatoms. The van der Waals surface area contributed by atoms with Crippen molar-refractivity contribution in [3.63, 3.8) is 0 Å². The van der Waals surface area contributed by atoms with Crippen molar-refractivity contribution in [2.24, 2.45) is 0 Å². The van der Waals surface area contributed by atoms with Crippen molar-refractivity contribution >= 4 is 28.5 Å². The summed E-state index contributed by atoms with van der Waals surface area (Å²) in [7, 11) is 0. The van der Waals surface area contributed by atoms with Crippen LogP contribution in [0.1, 0.15) is 23.6 Å². The van der Waals surface area contributed by atoms with Gasteiger partial charge in [0.2, 0.25) is 0 Å². The molecule has 0 bridgehead atoms. The van der Waals surface area contributed by atoms with Gasteiger partial charge in [0.25, 0.3) is 5.91 Å². The van der Waals surface area contributed by atoms with Gasteiger partial charge in [-0.3, -0.25) is 9.59 Å². The third kappa shape index (κ3) is 4.11. The molecule has 2 aromatic carbocycles.